The average molecular weight is 391 g/mol. The molecule has 0 aliphatic rings. The highest BCUT2D eigenvalue weighted by Gasteiger charge is 2.06. The number of aromatic amines is 1. The third kappa shape index (κ3) is 4.20. The summed E-state index contributed by atoms with van der Waals surface area (Å²) in [4.78, 5) is 0. The number of nitrogens with zero attached hydrogens (tertiary/aromatic N) is 2. The van der Waals surface area contributed by atoms with Crippen LogP contribution in [-0.2, 0) is 13.2 Å². The zero-order chi connectivity index (χ0) is 16.1. The maximum atomic E-state index is 5.96. The number of benzene rings is 2. The van der Waals surface area contributed by atoms with Crippen molar-refractivity contribution >= 4 is 28.1 Å². The predicted octanol–water partition coefficient (Wildman–Crippen LogP) is 4.03. The SMILES string of the molecule is S=c1[nH]ncn1NCc1cc(Br)ccc1OCc1ccccc1. The molecule has 1 aromatic heterocycles. The molecule has 0 spiro atoms. The van der Waals surface area contributed by atoms with Crippen LogP contribution in [0, 0.1) is 4.77 Å². The molecular formula is C16H15BrN4OS. The fraction of sp³-hybridized carbons (Fsp3) is 0.125. The van der Waals surface area contributed by atoms with Crippen molar-refractivity contribution in [2.45, 2.75) is 13.2 Å². The molecule has 0 saturated carbocycles. The number of H-pyrrole nitrogens is 1. The summed E-state index contributed by atoms with van der Waals surface area (Å²) in [6.07, 6.45) is 1.60. The normalized spacial score (nSPS) is 10.5. The first-order valence-electron chi connectivity index (χ1n) is 7.03. The minimum atomic E-state index is 0.520. The van der Waals surface area contributed by atoms with Crippen molar-refractivity contribution in [3.05, 3.63) is 75.2 Å². The average Bonchev–Trinajstić information content (AvgIpc) is 2.98. The molecule has 2 aromatic carbocycles. The number of ether oxygens (including phenoxy) is 1. The molecule has 0 aliphatic carbocycles. The van der Waals surface area contributed by atoms with Crippen molar-refractivity contribution in [3.63, 3.8) is 0 Å². The van der Waals surface area contributed by atoms with E-state index in [0.717, 1.165) is 21.3 Å². The lowest BCUT2D eigenvalue weighted by molar-refractivity contribution is 0.303. The summed E-state index contributed by atoms with van der Waals surface area (Å²) in [6, 6.07) is 16.0. The molecule has 3 aromatic rings. The van der Waals surface area contributed by atoms with Gasteiger partial charge in [-0.05, 0) is 36.0 Å². The molecule has 0 atom stereocenters. The first-order valence-corrected chi connectivity index (χ1v) is 8.23. The van der Waals surface area contributed by atoms with E-state index < -0.39 is 0 Å². The van der Waals surface area contributed by atoms with Crippen LogP contribution in [0.15, 0.2) is 59.3 Å². The summed E-state index contributed by atoms with van der Waals surface area (Å²) in [5, 5.41) is 6.58. The maximum absolute atomic E-state index is 5.96. The lowest BCUT2D eigenvalue weighted by Gasteiger charge is -2.13. The lowest BCUT2D eigenvalue weighted by Crippen LogP contribution is -2.14. The molecule has 2 N–H and O–H groups in total. The fourth-order valence-electron chi connectivity index (χ4n) is 2.09. The molecule has 0 fully saturated rings. The fourth-order valence-corrected chi connectivity index (χ4v) is 2.67. The van der Waals surface area contributed by atoms with Gasteiger partial charge in [-0.2, -0.15) is 5.10 Å². The van der Waals surface area contributed by atoms with Crippen LogP contribution >= 0.6 is 28.1 Å². The van der Waals surface area contributed by atoms with Crippen molar-refractivity contribution in [1.29, 1.82) is 0 Å². The molecule has 7 heteroatoms. The van der Waals surface area contributed by atoms with Gasteiger partial charge in [0.25, 0.3) is 0 Å². The largest absolute Gasteiger partial charge is 0.489 e. The first kappa shape index (κ1) is 15.8. The summed E-state index contributed by atoms with van der Waals surface area (Å²) < 4.78 is 9.14. The van der Waals surface area contributed by atoms with Gasteiger partial charge < -0.3 is 10.2 Å². The van der Waals surface area contributed by atoms with Crippen molar-refractivity contribution in [1.82, 2.24) is 14.9 Å². The van der Waals surface area contributed by atoms with Crippen LogP contribution in [0.25, 0.3) is 0 Å². The summed E-state index contributed by atoms with van der Waals surface area (Å²) in [7, 11) is 0. The van der Waals surface area contributed by atoms with Crippen molar-refractivity contribution in [2.24, 2.45) is 0 Å². The molecule has 0 unspecified atom stereocenters. The van der Waals surface area contributed by atoms with E-state index in [1.54, 1.807) is 11.0 Å². The van der Waals surface area contributed by atoms with Gasteiger partial charge in [0, 0.05) is 10.0 Å². The second-order valence-electron chi connectivity index (χ2n) is 4.89. The van der Waals surface area contributed by atoms with Crippen LogP contribution in [0.2, 0.25) is 0 Å². The van der Waals surface area contributed by atoms with E-state index in [0.29, 0.717) is 17.9 Å². The third-order valence-corrected chi connectivity index (χ3v) is 4.03. The zero-order valence-electron chi connectivity index (χ0n) is 12.2. The van der Waals surface area contributed by atoms with E-state index >= 15 is 0 Å². The van der Waals surface area contributed by atoms with E-state index in [9.17, 15) is 0 Å². The van der Waals surface area contributed by atoms with E-state index in [2.05, 4.69) is 31.6 Å². The van der Waals surface area contributed by atoms with Crippen molar-refractivity contribution < 1.29 is 4.74 Å². The highest BCUT2D eigenvalue weighted by Crippen LogP contribution is 2.24. The van der Waals surface area contributed by atoms with Gasteiger partial charge in [-0.25, -0.2) is 4.68 Å². The van der Waals surface area contributed by atoms with Gasteiger partial charge >= 0.3 is 0 Å². The smallest absolute Gasteiger partial charge is 0.214 e. The van der Waals surface area contributed by atoms with Gasteiger partial charge in [-0.1, -0.05) is 46.3 Å². The minimum absolute atomic E-state index is 0.520. The number of hydrogen-bond donors (Lipinski definition) is 2. The van der Waals surface area contributed by atoms with Crippen LogP contribution in [-0.4, -0.2) is 14.9 Å². The zero-order valence-corrected chi connectivity index (χ0v) is 14.6. The van der Waals surface area contributed by atoms with Gasteiger partial charge in [-0.3, -0.25) is 5.10 Å². The molecule has 3 rings (SSSR count). The van der Waals surface area contributed by atoms with Gasteiger partial charge in [-0.15, -0.1) is 0 Å². The molecule has 0 amide bonds. The van der Waals surface area contributed by atoms with E-state index in [-0.39, 0.29) is 0 Å². The number of halogens is 1. The molecule has 0 bridgehead atoms. The Labute approximate surface area is 147 Å². The van der Waals surface area contributed by atoms with Gasteiger partial charge in [0.15, 0.2) is 0 Å². The number of nitrogens with one attached hydrogen (secondary N) is 2. The second kappa shape index (κ2) is 7.43. The summed E-state index contributed by atoms with van der Waals surface area (Å²) >= 11 is 8.61. The van der Waals surface area contributed by atoms with E-state index in [1.807, 2.05) is 48.5 Å². The van der Waals surface area contributed by atoms with Crippen LogP contribution in [0.3, 0.4) is 0 Å². The number of aromatic nitrogens is 3. The summed E-state index contributed by atoms with van der Waals surface area (Å²) in [5.41, 5.74) is 5.35. The highest BCUT2D eigenvalue weighted by atomic mass is 79.9. The molecular weight excluding hydrogens is 376 g/mol. The van der Waals surface area contributed by atoms with Gasteiger partial charge in [0.05, 0.1) is 6.54 Å². The summed E-state index contributed by atoms with van der Waals surface area (Å²) in [6.45, 7) is 1.10. The molecule has 0 saturated heterocycles. The quantitative estimate of drug-likeness (QED) is 0.623. The topological polar surface area (TPSA) is 54.9 Å². The molecule has 23 heavy (non-hydrogen) atoms. The van der Waals surface area contributed by atoms with E-state index in [4.69, 9.17) is 17.0 Å². The Balaban J connectivity index is 1.72. The van der Waals surface area contributed by atoms with E-state index in [1.165, 1.54) is 0 Å². The Morgan fingerprint density at radius 3 is 2.78 bits per heavy atom. The Kier molecular flexibility index (Phi) is 5.09. The van der Waals surface area contributed by atoms with Crippen LogP contribution in [0.5, 0.6) is 5.75 Å². The lowest BCUT2D eigenvalue weighted by atomic mass is 10.2. The standard InChI is InChI=1S/C16H15BrN4OS/c17-14-6-7-15(22-10-12-4-2-1-3-5-12)13(8-14)9-19-21-11-18-20-16(21)23/h1-8,11,19H,9-10H2,(H,20,23). The predicted molar refractivity (Wildman–Crippen MR) is 95.4 cm³/mol. The maximum Gasteiger partial charge on any atom is 0.214 e. The van der Waals surface area contributed by atoms with Crippen molar-refractivity contribution in [3.8, 4) is 5.75 Å². The third-order valence-electron chi connectivity index (χ3n) is 3.25. The highest BCUT2D eigenvalue weighted by molar-refractivity contribution is 9.10. The van der Waals surface area contributed by atoms with Crippen LogP contribution in [0.4, 0.5) is 0 Å². The number of hydrogen-bond acceptors (Lipinski definition) is 4. The molecule has 5 nitrogen and oxygen atoms in total. The van der Waals surface area contributed by atoms with Gasteiger partial charge in [0.1, 0.15) is 18.7 Å². The minimum Gasteiger partial charge on any atom is -0.489 e. The Morgan fingerprint density at radius 1 is 1.22 bits per heavy atom. The van der Waals surface area contributed by atoms with Crippen LogP contribution in [0.1, 0.15) is 11.1 Å². The number of rotatable bonds is 6. The Hall–Kier alpha value is -2.12. The molecule has 118 valence electrons. The molecule has 0 radical (unpaired) electrons. The monoisotopic (exact) mass is 390 g/mol. The molecule has 0 aliphatic heterocycles. The van der Waals surface area contributed by atoms with Gasteiger partial charge in [0.2, 0.25) is 4.77 Å². The second-order valence-corrected chi connectivity index (χ2v) is 6.20. The van der Waals surface area contributed by atoms with Crippen molar-refractivity contribution in [2.75, 3.05) is 5.43 Å². The molecule has 1 heterocycles. The Morgan fingerprint density at radius 2 is 2.04 bits per heavy atom. The first-order chi connectivity index (χ1) is 11.2. The Bertz CT molecular complexity index is 831. The summed E-state index contributed by atoms with van der Waals surface area (Å²) in [5.74, 6) is 0.833. The van der Waals surface area contributed by atoms with Crippen LogP contribution < -0.4 is 10.2 Å².